The number of likely N-dealkylation sites (N-methyl/N-ethyl adjacent to an activating group) is 1. The van der Waals surface area contributed by atoms with E-state index in [1.165, 1.54) is 0 Å². The summed E-state index contributed by atoms with van der Waals surface area (Å²) in [5.74, 6) is -0.432. The van der Waals surface area contributed by atoms with Gasteiger partial charge in [-0.1, -0.05) is 0 Å². The molecule has 0 amide bonds. The van der Waals surface area contributed by atoms with E-state index in [0.717, 1.165) is 6.54 Å². The summed E-state index contributed by atoms with van der Waals surface area (Å²) < 4.78 is 15.2. The minimum absolute atomic E-state index is 0.209. The van der Waals surface area contributed by atoms with Crippen molar-refractivity contribution in [2.75, 3.05) is 54.2 Å². The van der Waals surface area contributed by atoms with Crippen molar-refractivity contribution in [3.05, 3.63) is 0 Å². The third-order valence-electron chi connectivity index (χ3n) is 1.98. The lowest BCUT2D eigenvalue weighted by Crippen LogP contribution is -2.25. The van der Waals surface area contributed by atoms with Gasteiger partial charge in [0.25, 0.3) is 0 Å². The van der Waals surface area contributed by atoms with E-state index in [2.05, 4.69) is 0 Å². The minimum atomic E-state index is -0.223. The molecule has 0 aromatic heterocycles. The Hall–Kier alpha value is -0.650. The van der Waals surface area contributed by atoms with Crippen molar-refractivity contribution in [1.82, 2.24) is 4.90 Å². The molecule has 0 saturated carbocycles. The first-order valence-corrected chi connectivity index (χ1v) is 5.46. The first-order chi connectivity index (χ1) is 7.57. The van der Waals surface area contributed by atoms with Crippen LogP contribution in [0.2, 0.25) is 0 Å². The Morgan fingerprint density at radius 3 is 2.50 bits per heavy atom. The Bertz CT molecular complexity index is 185. The van der Waals surface area contributed by atoms with Crippen molar-refractivity contribution in [2.24, 2.45) is 5.92 Å². The van der Waals surface area contributed by atoms with Gasteiger partial charge in [-0.15, -0.1) is 0 Å². The summed E-state index contributed by atoms with van der Waals surface area (Å²) >= 11 is 0. The van der Waals surface area contributed by atoms with E-state index in [4.69, 9.17) is 14.2 Å². The molecule has 1 unspecified atom stereocenters. The zero-order chi connectivity index (χ0) is 12.4. The fourth-order valence-electron chi connectivity index (χ4n) is 0.941. The molecule has 0 heterocycles. The third kappa shape index (κ3) is 8.64. The molecule has 0 aromatic carbocycles. The van der Waals surface area contributed by atoms with E-state index >= 15 is 0 Å². The highest BCUT2D eigenvalue weighted by Crippen LogP contribution is 1.99. The Morgan fingerprint density at radius 1 is 1.25 bits per heavy atom. The van der Waals surface area contributed by atoms with Crippen LogP contribution >= 0.6 is 0 Å². The monoisotopic (exact) mass is 233 g/mol. The molecule has 0 saturated heterocycles. The quantitative estimate of drug-likeness (QED) is 0.426. The van der Waals surface area contributed by atoms with Gasteiger partial charge in [0.05, 0.1) is 25.7 Å². The summed E-state index contributed by atoms with van der Waals surface area (Å²) in [5, 5.41) is 0. The van der Waals surface area contributed by atoms with Gasteiger partial charge in [-0.25, -0.2) is 0 Å². The van der Waals surface area contributed by atoms with Gasteiger partial charge in [0, 0.05) is 13.7 Å². The average molecular weight is 233 g/mol. The van der Waals surface area contributed by atoms with Crippen molar-refractivity contribution in [2.45, 2.75) is 6.92 Å². The lowest BCUT2D eigenvalue weighted by molar-refractivity contribution is -0.150. The molecule has 0 spiro atoms. The van der Waals surface area contributed by atoms with Crippen LogP contribution in [0.4, 0.5) is 0 Å². The van der Waals surface area contributed by atoms with E-state index in [-0.39, 0.29) is 11.9 Å². The Morgan fingerprint density at radius 2 is 1.94 bits per heavy atom. The number of ether oxygens (including phenoxy) is 3. The maximum absolute atomic E-state index is 11.4. The lowest BCUT2D eigenvalue weighted by atomic mass is 10.2. The number of hydrogen-bond donors (Lipinski definition) is 0. The maximum Gasteiger partial charge on any atom is 0.311 e. The molecular weight excluding hydrogens is 210 g/mol. The van der Waals surface area contributed by atoms with Gasteiger partial charge in [-0.2, -0.15) is 0 Å². The number of rotatable bonds is 9. The number of carbonyl (C=O) groups excluding carboxylic acids is 1. The Balaban J connectivity index is 3.49. The molecule has 0 aliphatic rings. The molecule has 0 aliphatic heterocycles. The van der Waals surface area contributed by atoms with Gasteiger partial charge in [0.15, 0.2) is 0 Å². The SMILES string of the molecule is COCCOCC(C)C(=O)OCCN(C)C. The Kier molecular flexibility index (Phi) is 9.18. The zero-order valence-electron chi connectivity index (χ0n) is 10.7. The van der Waals surface area contributed by atoms with Crippen LogP contribution in [-0.2, 0) is 19.0 Å². The van der Waals surface area contributed by atoms with Crippen LogP contribution in [0.1, 0.15) is 6.92 Å². The maximum atomic E-state index is 11.4. The summed E-state index contributed by atoms with van der Waals surface area (Å²) in [6, 6.07) is 0. The predicted molar refractivity (Wildman–Crippen MR) is 61.4 cm³/mol. The first kappa shape index (κ1) is 15.3. The van der Waals surface area contributed by atoms with Crippen LogP contribution in [-0.4, -0.2) is 65.0 Å². The van der Waals surface area contributed by atoms with Crippen molar-refractivity contribution in [3.8, 4) is 0 Å². The van der Waals surface area contributed by atoms with Crippen LogP contribution < -0.4 is 0 Å². The van der Waals surface area contributed by atoms with E-state index < -0.39 is 0 Å². The highest BCUT2D eigenvalue weighted by atomic mass is 16.5. The first-order valence-electron chi connectivity index (χ1n) is 5.46. The average Bonchev–Trinajstić information content (AvgIpc) is 2.23. The summed E-state index contributed by atoms with van der Waals surface area (Å²) in [4.78, 5) is 13.4. The van der Waals surface area contributed by atoms with Crippen LogP contribution in [0.5, 0.6) is 0 Å². The fourth-order valence-corrected chi connectivity index (χ4v) is 0.941. The minimum Gasteiger partial charge on any atom is -0.464 e. The third-order valence-corrected chi connectivity index (χ3v) is 1.98. The summed E-state index contributed by atoms with van der Waals surface area (Å²) in [5.41, 5.74) is 0. The molecule has 1 atom stereocenters. The normalized spacial score (nSPS) is 12.8. The standard InChI is InChI=1S/C11H23NO4/c1-10(9-15-8-7-14-4)11(13)16-6-5-12(2)3/h10H,5-9H2,1-4H3. The van der Waals surface area contributed by atoms with Gasteiger partial charge in [0.2, 0.25) is 0 Å². The molecule has 0 fully saturated rings. The van der Waals surface area contributed by atoms with Crippen LogP contribution in [0.25, 0.3) is 0 Å². The summed E-state index contributed by atoms with van der Waals surface area (Å²) in [6.45, 7) is 4.39. The van der Waals surface area contributed by atoms with Crippen molar-refractivity contribution in [3.63, 3.8) is 0 Å². The summed E-state index contributed by atoms with van der Waals surface area (Å²) in [7, 11) is 5.48. The molecule has 0 aliphatic carbocycles. The number of hydrogen-bond acceptors (Lipinski definition) is 5. The molecule has 0 aromatic rings. The van der Waals surface area contributed by atoms with Gasteiger partial charge in [-0.05, 0) is 21.0 Å². The smallest absolute Gasteiger partial charge is 0.311 e. The zero-order valence-corrected chi connectivity index (χ0v) is 10.7. The predicted octanol–water partition coefficient (Wildman–Crippen LogP) is 0.390. The van der Waals surface area contributed by atoms with Crippen molar-refractivity contribution >= 4 is 5.97 Å². The van der Waals surface area contributed by atoms with E-state index in [1.54, 1.807) is 14.0 Å². The van der Waals surface area contributed by atoms with Gasteiger partial charge in [-0.3, -0.25) is 4.79 Å². The van der Waals surface area contributed by atoms with E-state index in [0.29, 0.717) is 26.4 Å². The number of nitrogens with zero attached hydrogens (tertiary/aromatic N) is 1. The van der Waals surface area contributed by atoms with Gasteiger partial charge in [0.1, 0.15) is 6.61 Å². The molecule has 0 radical (unpaired) electrons. The molecular formula is C11H23NO4. The Labute approximate surface area is 97.7 Å². The van der Waals surface area contributed by atoms with E-state index in [9.17, 15) is 4.79 Å². The molecule has 0 N–H and O–H groups in total. The molecule has 16 heavy (non-hydrogen) atoms. The van der Waals surface area contributed by atoms with E-state index in [1.807, 2.05) is 19.0 Å². The largest absolute Gasteiger partial charge is 0.464 e. The van der Waals surface area contributed by atoms with Crippen molar-refractivity contribution in [1.29, 1.82) is 0 Å². The van der Waals surface area contributed by atoms with Gasteiger partial charge >= 0.3 is 5.97 Å². The van der Waals surface area contributed by atoms with Crippen LogP contribution in [0.15, 0.2) is 0 Å². The van der Waals surface area contributed by atoms with Crippen molar-refractivity contribution < 1.29 is 19.0 Å². The molecule has 0 rings (SSSR count). The van der Waals surface area contributed by atoms with Crippen LogP contribution in [0.3, 0.4) is 0 Å². The second kappa shape index (κ2) is 9.57. The number of carbonyl (C=O) groups is 1. The second-order valence-corrected chi connectivity index (χ2v) is 3.94. The van der Waals surface area contributed by atoms with Gasteiger partial charge < -0.3 is 19.1 Å². The molecule has 5 nitrogen and oxygen atoms in total. The molecule has 0 bridgehead atoms. The second-order valence-electron chi connectivity index (χ2n) is 3.94. The topological polar surface area (TPSA) is 48.0 Å². The highest BCUT2D eigenvalue weighted by Gasteiger charge is 2.14. The molecule has 96 valence electrons. The van der Waals surface area contributed by atoms with Crippen LogP contribution in [0, 0.1) is 5.92 Å². The molecule has 5 heteroatoms. The fraction of sp³-hybridized carbons (Fsp3) is 0.909. The highest BCUT2D eigenvalue weighted by molar-refractivity contribution is 5.72. The lowest BCUT2D eigenvalue weighted by Gasteiger charge is -2.13. The number of methoxy groups -OCH3 is 1. The number of esters is 1. The summed E-state index contributed by atoms with van der Waals surface area (Å²) in [6.07, 6.45) is 0.